The molecule has 0 aliphatic carbocycles. The summed E-state index contributed by atoms with van der Waals surface area (Å²) in [5.74, 6) is 0.344. The number of hydrogen-bond donors (Lipinski definition) is 2. The van der Waals surface area contributed by atoms with E-state index in [-0.39, 0.29) is 36.4 Å². The molecule has 94 valence electrons. The molecule has 0 aromatic heterocycles. The van der Waals surface area contributed by atoms with Crippen LogP contribution in [-0.4, -0.2) is 37.7 Å². The van der Waals surface area contributed by atoms with Gasteiger partial charge in [0.15, 0.2) is 0 Å². The molecule has 1 amide bonds. The number of rotatable bonds is 3. The van der Waals surface area contributed by atoms with Crippen LogP contribution < -0.4 is 10.6 Å². The molecule has 4 nitrogen and oxygen atoms in total. The molecule has 3 atom stereocenters. The zero-order valence-corrected chi connectivity index (χ0v) is 10.5. The summed E-state index contributed by atoms with van der Waals surface area (Å²) in [6.45, 7) is 4.67. The van der Waals surface area contributed by atoms with Crippen molar-refractivity contribution in [1.29, 1.82) is 0 Å². The Balaban J connectivity index is 0.00000128. The van der Waals surface area contributed by atoms with Gasteiger partial charge in [-0.3, -0.25) is 4.79 Å². The Morgan fingerprint density at radius 3 is 2.88 bits per heavy atom. The molecule has 2 aliphatic rings. The fourth-order valence-electron chi connectivity index (χ4n) is 2.31. The van der Waals surface area contributed by atoms with E-state index >= 15 is 0 Å². The average molecular weight is 249 g/mol. The lowest BCUT2D eigenvalue weighted by atomic mass is 10.1. The molecule has 2 saturated heterocycles. The minimum absolute atomic E-state index is 0. The van der Waals surface area contributed by atoms with Crippen molar-refractivity contribution in [2.45, 2.75) is 38.3 Å². The second-order valence-corrected chi connectivity index (χ2v) is 4.54. The van der Waals surface area contributed by atoms with E-state index in [9.17, 15) is 4.79 Å². The maximum atomic E-state index is 11.8. The molecule has 0 radical (unpaired) electrons. The van der Waals surface area contributed by atoms with Crippen LogP contribution in [-0.2, 0) is 9.53 Å². The lowest BCUT2D eigenvalue weighted by Gasteiger charge is -2.21. The quantitative estimate of drug-likeness (QED) is 0.773. The highest BCUT2D eigenvalue weighted by atomic mass is 35.5. The molecule has 0 aromatic carbocycles. The van der Waals surface area contributed by atoms with Crippen molar-refractivity contribution >= 4 is 18.3 Å². The van der Waals surface area contributed by atoms with Gasteiger partial charge >= 0.3 is 0 Å². The van der Waals surface area contributed by atoms with E-state index in [2.05, 4.69) is 10.6 Å². The first kappa shape index (κ1) is 13.7. The van der Waals surface area contributed by atoms with E-state index < -0.39 is 0 Å². The largest absolute Gasteiger partial charge is 0.376 e. The Bertz CT molecular complexity index is 226. The van der Waals surface area contributed by atoms with Gasteiger partial charge in [0.2, 0.25) is 5.91 Å². The Labute approximate surface area is 103 Å². The standard InChI is InChI=1S/C11H20N2O2.ClH/c1-8(10-3-2-6-15-10)13-11(14)9-4-5-12-7-9;/h8-10,12H,2-7H2,1H3,(H,13,14);1H. The maximum Gasteiger partial charge on any atom is 0.224 e. The molecule has 0 bridgehead atoms. The highest BCUT2D eigenvalue weighted by Crippen LogP contribution is 2.16. The second-order valence-electron chi connectivity index (χ2n) is 4.54. The topological polar surface area (TPSA) is 50.4 Å². The Morgan fingerprint density at radius 1 is 1.50 bits per heavy atom. The fourth-order valence-corrected chi connectivity index (χ4v) is 2.31. The maximum absolute atomic E-state index is 11.8. The summed E-state index contributed by atoms with van der Waals surface area (Å²) in [4.78, 5) is 11.8. The number of amides is 1. The molecular formula is C11H21ClN2O2. The third-order valence-corrected chi connectivity index (χ3v) is 3.32. The molecule has 3 unspecified atom stereocenters. The van der Waals surface area contributed by atoms with Crippen molar-refractivity contribution in [2.75, 3.05) is 19.7 Å². The zero-order valence-electron chi connectivity index (χ0n) is 9.70. The first-order valence-electron chi connectivity index (χ1n) is 5.90. The van der Waals surface area contributed by atoms with E-state index in [1.54, 1.807) is 0 Å². The van der Waals surface area contributed by atoms with Crippen LogP contribution in [0.1, 0.15) is 26.2 Å². The van der Waals surface area contributed by atoms with Crippen LogP contribution in [0, 0.1) is 5.92 Å². The van der Waals surface area contributed by atoms with Gasteiger partial charge < -0.3 is 15.4 Å². The molecule has 2 rings (SSSR count). The van der Waals surface area contributed by atoms with Gasteiger partial charge in [0.05, 0.1) is 18.1 Å². The molecule has 2 aliphatic heterocycles. The summed E-state index contributed by atoms with van der Waals surface area (Å²) < 4.78 is 5.55. The molecule has 2 N–H and O–H groups in total. The monoisotopic (exact) mass is 248 g/mol. The van der Waals surface area contributed by atoms with Crippen LogP contribution in [0.2, 0.25) is 0 Å². The minimum atomic E-state index is 0. The zero-order chi connectivity index (χ0) is 10.7. The predicted octanol–water partition coefficient (Wildman–Crippen LogP) is 0.701. The summed E-state index contributed by atoms with van der Waals surface area (Å²) in [5, 5.41) is 6.26. The Kier molecular flexibility index (Phi) is 5.52. The second kappa shape index (κ2) is 6.42. The van der Waals surface area contributed by atoms with Crippen molar-refractivity contribution in [3.63, 3.8) is 0 Å². The van der Waals surface area contributed by atoms with Gasteiger partial charge in [-0.2, -0.15) is 0 Å². The molecule has 2 fully saturated rings. The highest BCUT2D eigenvalue weighted by Gasteiger charge is 2.27. The number of halogens is 1. The molecule has 2 heterocycles. The van der Waals surface area contributed by atoms with E-state index in [4.69, 9.17) is 4.74 Å². The summed E-state index contributed by atoms with van der Waals surface area (Å²) >= 11 is 0. The third kappa shape index (κ3) is 3.34. The van der Waals surface area contributed by atoms with Crippen LogP contribution in [0.25, 0.3) is 0 Å². The Morgan fingerprint density at radius 2 is 2.31 bits per heavy atom. The van der Waals surface area contributed by atoms with E-state index in [1.807, 2.05) is 6.92 Å². The molecule has 0 saturated carbocycles. The summed E-state index contributed by atoms with van der Waals surface area (Å²) in [6, 6.07) is 0.153. The van der Waals surface area contributed by atoms with Crippen LogP contribution in [0.4, 0.5) is 0 Å². The van der Waals surface area contributed by atoms with Crippen LogP contribution in [0.15, 0.2) is 0 Å². The number of carbonyl (C=O) groups excluding carboxylic acids is 1. The normalized spacial score (nSPS) is 30.8. The van der Waals surface area contributed by atoms with Crippen LogP contribution in [0.5, 0.6) is 0 Å². The first-order chi connectivity index (χ1) is 7.27. The summed E-state index contributed by atoms with van der Waals surface area (Å²) in [5.41, 5.74) is 0. The third-order valence-electron chi connectivity index (χ3n) is 3.32. The summed E-state index contributed by atoms with van der Waals surface area (Å²) in [6.07, 6.45) is 3.38. The van der Waals surface area contributed by atoms with Crippen molar-refractivity contribution < 1.29 is 9.53 Å². The fraction of sp³-hybridized carbons (Fsp3) is 0.909. The smallest absolute Gasteiger partial charge is 0.224 e. The predicted molar refractivity (Wildman–Crippen MR) is 64.8 cm³/mol. The van der Waals surface area contributed by atoms with Gasteiger partial charge in [-0.05, 0) is 32.7 Å². The van der Waals surface area contributed by atoms with Crippen molar-refractivity contribution in [2.24, 2.45) is 5.92 Å². The average Bonchev–Trinajstić information content (AvgIpc) is 2.91. The van der Waals surface area contributed by atoms with Crippen LogP contribution >= 0.6 is 12.4 Å². The number of nitrogens with one attached hydrogen (secondary N) is 2. The van der Waals surface area contributed by atoms with E-state index in [0.29, 0.717) is 0 Å². The first-order valence-corrected chi connectivity index (χ1v) is 5.90. The number of hydrogen-bond acceptors (Lipinski definition) is 3. The van der Waals surface area contributed by atoms with E-state index in [0.717, 1.165) is 39.0 Å². The van der Waals surface area contributed by atoms with Gasteiger partial charge in [-0.1, -0.05) is 0 Å². The van der Waals surface area contributed by atoms with Gasteiger partial charge in [0, 0.05) is 13.2 Å². The highest BCUT2D eigenvalue weighted by molar-refractivity contribution is 5.85. The number of ether oxygens (including phenoxy) is 1. The van der Waals surface area contributed by atoms with Gasteiger partial charge in [-0.15, -0.1) is 12.4 Å². The van der Waals surface area contributed by atoms with Crippen molar-refractivity contribution in [3.05, 3.63) is 0 Å². The molecule has 5 heteroatoms. The lowest BCUT2D eigenvalue weighted by molar-refractivity contribution is -0.125. The SMILES string of the molecule is CC(NC(=O)C1CCNC1)C1CCCO1.Cl. The molecular weight excluding hydrogens is 228 g/mol. The van der Waals surface area contributed by atoms with Gasteiger partial charge in [-0.25, -0.2) is 0 Å². The lowest BCUT2D eigenvalue weighted by Crippen LogP contribution is -2.44. The Hall–Kier alpha value is -0.320. The molecule has 0 aromatic rings. The van der Waals surface area contributed by atoms with Crippen LogP contribution in [0.3, 0.4) is 0 Å². The minimum Gasteiger partial charge on any atom is -0.376 e. The van der Waals surface area contributed by atoms with Crippen molar-refractivity contribution in [3.8, 4) is 0 Å². The van der Waals surface area contributed by atoms with Crippen molar-refractivity contribution in [1.82, 2.24) is 10.6 Å². The molecule has 16 heavy (non-hydrogen) atoms. The summed E-state index contributed by atoms with van der Waals surface area (Å²) in [7, 11) is 0. The van der Waals surface area contributed by atoms with Gasteiger partial charge in [0.25, 0.3) is 0 Å². The van der Waals surface area contributed by atoms with Gasteiger partial charge in [0.1, 0.15) is 0 Å². The molecule has 0 spiro atoms. The van der Waals surface area contributed by atoms with E-state index in [1.165, 1.54) is 0 Å². The number of carbonyl (C=O) groups is 1.